The number of aliphatic hydroxyl groups excluding tert-OH is 1. The van der Waals surface area contributed by atoms with Gasteiger partial charge in [-0.05, 0) is 43.7 Å². The molecule has 8 heteroatoms. The first-order valence-corrected chi connectivity index (χ1v) is 13.0. The lowest BCUT2D eigenvalue weighted by atomic mass is 9.77. The Kier molecular flexibility index (Phi) is 10.9. The summed E-state index contributed by atoms with van der Waals surface area (Å²) in [5, 5.41) is 27.0. The quantitative estimate of drug-likeness (QED) is 0.350. The molecule has 0 spiro atoms. The third-order valence-corrected chi connectivity index (χ3v) is 6.32. The lowest BCUT2D eigenvalue weighted by Gasteiger charge is -2.34. The zero-order valence-corrected chi connectivity index (χ0v) is 23.4. The number of benzene rings is 2. The highest BCUT2D eigenvalue weighted by Gasteiger charge is 2.35. The summed E-state index contributed by atoms with van der Waals surface area (Å²) in [6.45, 7) is 11.3. The van der Waals surface area contributed by atoms with E-state index in [1.165, 1.54) is 4.90 Å². The molecule has 2 rings (SSSR count). The van der Waals surface area contributed by atoms with Gasteiger partial charge in [0.2, 0.25) is 11.8 Å². The van der Waals surface area contributed by atoms with Crippen molar-refractivity contribution in [3.05, 3.63) is 71.8 Å². The van der Waals surface area contributed by atoms with Gasteiger partial charge in [-0.25, -0.2) is 4.79 Å². The van der Waals surface area contributed by atoms with Crippen molar-refractivity contribution >= 4 is 17.9 Å². The zero-order chi connectivity index (χ0) is 28.5. The van der Waals surface area contributed by atoms with Crippen LogP contribution in [0.5, 0.6) is 0 Å². The van der Waals surface area contributed by atoms with Crippen molar-refractivity contribution in [2.75, 3.05) is 6.54 Å². The average molecular weight is 526 g/mol. The second-order valence-electron chi connectivity index (χ2n) is 11.9. The van der Waals surface area contributed by atoms with Crippen LogP contribution in [0.4, 0.5) is 4.79 Å². The molecule has 2 aromatic carbocycles. The fraction of sp³-hybridized carbons (Fsp3) is 0.500. The summed E-state index contributed by atoms with van der Waals surface area (Å²) in [4.78, 5) is 39.4. The molecule has 208 valence electrons. The summed E-state index contributed by atoms with van der Waals surface area (Å²) in [7, 11) is 0. The molecule has 3 atom stereocenters. The van der Waals surface area contributed by atoms with Crippen LogP contribution in [0.15, 0.2) is 60.7 Å². The van der Waals surface area contributed by atoms with Gasteiger partial charge in [-0.15, -0.1) is 0 Å². The minimum atomic E-state index is -1.18. The van der Waals surface area contributed by atoms with E-state index in [1.54, 1.807) is 0 Å². The van der Waals surface area contributed by atoms with Crippen LogP contribution in [0, 0.1) is 11.3 Å². The lowest BCUT2D eigenvalue weighted by molar-refractivity contribution is -0.134. The molecular weight excluding hydrogens is 482 g/mol. The Balaban J connectivity index is 2.22. The Bertz CT molecular complexity index is 1050. The number of carbonyl (C=O) groups excluding carboxylic acids is 2. The molecule has 0 fully saturated rings. The van der Waals surface area contributed by atoms with E-state index in [-0.39, 0.29) is 37.7 Å². The summed E-state index contributed by atoms with van der Waals surface area (Å²) < 4.78 is 0. The van der Waals surface area contributed by atoms with E-state index in [9.17, 15) is 24.6 Å². The maximum Gasteiger partial charge on any atom is 0.407 e. The van der Waals surface area contributed by atoms with Gasteiger partial charge in [0.25, 0.3) is 0 Å². The van der Waals surface area contributed by atoms with E-state index in [4.69, 9.17) is 0 Å². The Labute approximate surface area is 226 Å². The summed E-state index contributed by atoms with van der Waals surface area (Å²) in [5.74, 6) is -1.22. The normalized spacial score (nSPS) is 14.2. The fourth-order valence-electron chi connectivity index (χ4n) is 4.33. The Morgan fingerprint density at radius 1 is 0.868 bits per heavy atom. The monoisotopic (exact) mass is 525 g/mol. The molecule has 3 amide bonds. The molecule has 0 aliphatic heterocycles. The van der Waals surface area contributed by atoms with Crippen molar-refractivity contribution in [1.29, 1.82) is 0 Å². The first kappa shape index (κ1) is 30.8. The van der Waals surface area contributed by atoms with Crippen molar-refractivity contribution < 1.29 is 24.6 Å². The van der Waals surface area contributed by atoms with Crippen molar-refractivity contribution in [3.8, 4) is 0 Å². The van der Waals surface area contributed by atoms with Crippen molar-refractivity contribution in [2.24, 2.45) is 11.3 Å². The van der Waals surface area contributed by atoms with E-state index in [1.807, 2.05) is 102 Å². The van der Waals surface area contributed by atoms with E-state index in [2.05, 4.69) is 10.6 Å². The van der Waals surface area contributed by atoms with Crippen LogP contribution in [0.25, 0.3) is 0 Å². The molecule has 8 nitrogen and oxygen atoms in total. The van der Waals surface area contributed by atoms with E-state index in [0.29, 0.717) is 0 Å². The van der Waals surface area contributed by atoms with Gasteiger partial charge in [0.15, 0.2) is 0 Å². The van der Waals surface area contributed by atoms with Gasteiger partial charge in [-0.3, -0.25) is 14.5 Å². The fourth-order valence-corrected chi connectivity index (χ4v) is 4.33. The van der Waals surface area contributed by atoms with Crippen LogP contribution in [-0.4, -0.2) is 57.3 Å². The van der Waals surface area contributed by atoms with Crippen LogP contribution in [0.1, 0.15) is 59.1 Å². The molecule has 0 unspecified atom stereocenters. The van der Waals surface area contributed by atoms with Gasteiger partial charge in [0.1, 0.15) is 0 Å². The summed E-state index contributed by atoms with van der Waals surface area (Å²) >= 11 is 0. The van der Waals surface area contributed by atoms with Gasteiger partial charge >= 0.3 is 6.09 Å². The molecule has 0 aromatic heterocycles. The number of nitrogens with one attached hydrogen (secondary N) is 2. The summed E-state index contributed by atoms with van der Waals surface area (Å²) in [6, 6.07) is 17.7. The summed E-state index contributed by atoms with van der Waals surface area (Å²) in [6.07, 6.45) is -2.06. The van der Waals surface area contributed by atoms with Crippen LogP contribution in [0.2, 0.25) is 0 Å². The third kappa shape index (κ3) is 10.2. The largest absolute Gasteiger partial charge is 0.465 e. The molecule has 0 heterocycles. The number of hydrogen-bond acceptors (Lipinski definition) is 4. The van der Waals surface area contributed by atoms with Crippen LogP contribution in [-0.2, 0) is 22.6 Å². The highest BCUT2D eigenvalue weighted by atomic mass is 16.4. The van der Waals surface area contributed by atoms with Crippen molar-refractivity contribution in [1.82, 2.24) is 15.5 Å². The Hall–Kier alpha value is -3.39. The van der Waals surface area contributed by atoms with E-state index >= 15 is 0 Å². The Morgan fingerprint density at radius 2 is 1.39 bits per heavy atom. The van der Waals surface area contributed by atoms with Crippen LogP contribution >= 0.6 is 0 Å². The van der Waals surface area contributed by atoms with Crippen molar-refractivity contribution in [3.63, 3.8) is 0 Å². The topological polar surface area (TPSA) is 119 Å². The minimum Gasteiger partial charge on any atom is -0.465 e. The number of aliphatic hydroxyl groups is 1. The van der Waals surface area contributed by atoms with E-state index in [0.717, 1.165) is 11.1 Å². The minimum absolute atomic E-state index is 0.00536. The smallest absolute Gasteiger partial charge is 0.407 e. The average Bonchev–Trinajstić information content (AvgIpc) is 2.82. The molecule has 4 N–H and O–H groups in total. The van der Waals surface area contributed by atoms with E-state index < -0.39 is 35.1 Å². The molecule has 0 bridgehead atoms. The molecule has 0 radical (unpaired) electrons. The van der Waals surface area contributed by atoms with Crippen LogP contribution in [0.3, 0.4) is 0 Å². The molecule has 2 aromatic rings. The number of nitrogens with zero attached hydrogens (tertiary/aromatic N) is 1. The molecule has 0 aliphatic carbocycles. The number of rotatable bonds is 11. The number of hydrogen-bond donors (Lipinski definition) is 4. The first-order chi connectivity index (χ1) is 17.7. The molecule has 38 heavy (non-hydrogen) atoms. The maximum absolute atomic E-state index is 13.2. The second kappa shape index (κ2) is 13.4. The molecule has 0 aliphatic rings. The standard InChI is InChI=1S/C30H43N3O5/c1-29(2,3)23(18-26(35)32-30(4,5)6)27(36)31-19-25(34)24(17-21-13-9-7-10-14-21)33(28(37)38)20-22-15-11-8-12-16-22/h7-16,23-25,34H,17-20H2,1-6H3,(H,31,36)(H,32,35)(H,37,38)/t23-,24-,25+/m0/s1. The van der Waals surface area contributed by atoms with Gasteiger partial charge in [0, 0.05) is 25.0 Å². The molecule has 0 saturated carbocycles. The Morgan fingerprint density at radius 3 is 1.87 bits per heavy atom. The number of amides is 3. The molecular formula is C30H43N3O5. The first-order valence-electron chi connectivity index (χ1n) is 13.0. The SMILES string of the molecule is CC(C)(C)NC(=O)C[C@@H](C(=O)NC[C@@H](O)[C@H](Cc1ccccc1)N(Cc1ccccc1)C(=O)O)C(C)(C)C. The number of carbonyl (C=O) groups is 3. The molecule has 0 saturated heterocycles. The maximum atomic E-state index is 13.2. The zero-order valence-electron chi connectivity index (χ0n) is 23.4. The third-order valence-electron chi connectivity index (χ3n) is 6.32. The van der Waals surface area contributed by atoms with Gasteiger partial charge in [-0.1, -0.05) is 81.4 Å². The summed E-state index contributed by atoms with van der Waals surface area (Å²) in [5.41, 5.74) is 0.736. The van der Waals surface area contributed by atoms with Crippen LogP contribution < -0.4 is 10.6 Å². The number of carboxylic acid groups (broad SMARTS) is 1. The lowest BCUT2D eigenvalue weighted by Crippen LogP contribution is -2.52. The predicted molar refractivity (Wildman–Crippen MR) is 148 cm³/mol. The van der Waals surface area contributed by atoms with Gasteiger partial charge in [0.05, 0.1) is 18.1 Å². The predicted octanol–water partition coefficient (Wildman–Crippen LogP) is 4.22. The highest BCUT2D eigenvalue weighted by Crippen LogP contribution is 2.29. The van der Waals surface area contributed by atoms with Gasteiger partial charge < -0.3 is 20.8 Å². The van der Waals surface area contributed by atoms with Gasteiger partial charge in [-0.2, -0.15) is 0 Å². The second-order valence-corrected chi connectivity index (χ2v) is 11.9. The highest BCUT2D eigenvalue weighted by molar-refractivity contribution is 5.86. The van der Waals surface area contributed by atoms with Crippen molar-refractivity contribution in [2.45, 2.75) is 78.6 Å².